The van der Waals surface area contributed by atoms with Crippen molar-refractivity contribution in [3.8, 4) is 11.3 Å². The second-order valence-electron chi connectivity index (χ2n) is 4.58. The number of H-pyrrole nitrogens is 1. The normalized spacial score (nSPS) is 14.8. The highest BCUT2D eigenvalue weighted by Gasteiger charge is 2.22. The highest BCUT2D eigenvalue weighted by Crippen LogP contribution is 2.25. The Morgan fingerprint density at radius 1 is 1.25 bits per heavy atom. The number of hydrogen-bond acceptors (Lipinski definition) is 4. The molecule has 0 atom stereocenters. The lowest BCUT2D eigenvalue weighted by molar-refractivity contribution is -0.117. The smallest absolute Gasteiger partial charge is 0.271 e. The number of aromatic amines is 1. The highest BCUT2D eigenvalue weighted by atomic mass is 16.2. The third-order valence-electron chi connectivity index (χ3n) is 3.31. The van der Waals surface area contributed by atoms with E-state index in [9.17, 15) is 9.59 Å². The SMILES string of the molecule is NC(=O)c1n[nH]nc1-c1ccc(N2CCCC2=O)cc1. The van der Waals surface area contributed by atoms with Crippen LogP contribution in [0.1, 0.15) is 23.3 Å². The van der Waals surface area contributed by atoms with E-state index in [1.165, 1.54) is 0 Å². The maximum Gasteiger partial charge on any atom is 0.271 e. The molecule has 0 aliphatic carbocycles. The molecule has 1 aromatic carbocycles. The van der Waals surface area contributed by atoms with E-state index in [1.54, 1.807) is 17.0 Å². The van der Waals surface area contributed by atoms with Crippen LogP contribution in [-0.2, 0) is 4.79 Å². The van der Waals surface area contributed by atoms with Crippen molar-refractivity contribution in [1.29, 1.82) is 0 Å². The number of nitrogens with one attached hydrogen (secondary N) is 1. The summed E-state index contributed by atoms with van der Waals surface area (Å²) >= 11 is 0. The molecule has 0 unspecified atom stereocenters. The van der Waals surface area contributed by atoms with Crippen LogP contribution in [0.25, 0.3) is 11.3 Å². The number of primary amides is 1. The van der Waals surface area contributed by atoms with Gasteiger partial charge in [0.05, 0.1) is 0 Å². The van der Waals surface area contributed by atoms with Gasteiger partial charge in [-0.3, -0.25) is 9.59 Å². The molecule has 7 nitrogen and oxygen atoms in total. The van der Waals surface area contributed by atoms with Crippen molar-refractivity contribution in [3.63, 3.8) is 0 Å². The second-order valence-corrected chi connectivity index (χ2v) is 4.58. The highest BCUT2D eigenvalue weighted by molar-refractivity contribution is 5.97. The van der Waals surface area contributed by atoms with Gasteiger partial charge in [0.25, 0.3) is 5.91 Å². The van der Waals surface area contributed by atoms with E-state index in [0.717, 1.165) is 24.2 Å². The number of anilines is 1. The van der Waals surface area contributed by atoms with Crippen molar-refractivity contribution in [2.45, 2.75) is 12.8 Å². The molecular weight excluding hydrogens is 258 g/mol. The number of aromatic nitrogens is 3. The number of carbonyl (C=O) groups is 2. The summed E-state index contributed by atoms with van der Waals surface area (Å²) in [5, 5.41) is 10.1. The fraction of sp³-hybridized carbons (Fsp3) is 0.231. The Bertz CT molecular complexity index is 662. The molecule has 1 fully saturated rings. The molecule has 1 aliphatic heterocycles. The zero-order valence-electron chi connectivity index (χ0n) is 10.7. The predicted octanol–water partition coefficient (Wildman–Crippen LogP) is 0.697. The lowest BCUT2D eigenvalue weighted by Gasteiger charge is -2.15. The molecule has 102 valence electrons. The van der Waals surface area contributed by atoms with E-state index in [-0.39, 0.29) is 11.6 Å². The van der Waals surface area contributed by atoms with Crippen LogP contribution in [0.5, 0.6) is 0 Å². The van der Waals surface area contributed by atoms with Crippen molar-refractivity contribution < 1.29 is 9.59 Å². The first-order valence-corrected chi connectivity index (χ1v) is 6.28. The van der Waals surface area contributed by atoms with Crippen LogP contribution in [0, 0.1) is 0 Å². The lowest BCUT2D eigenvalue weighted by Crippen LogP contribution is -2.23. The monoisotopic (exact) mass is 271 g/mol. The van der Waals surface area contributed by atoms with Crippen LogP contribution in [-0.4, -0.2) is 33.8 Å². The van der Waals surface area contributed by atoms with E-state index in [4.69, 9.17) is 5.73 Å². The third kappa shape index (κ3) is 2.03. The standard InChI is InChI=1S/C13H13N5O2/c14-13(20)12-11(15-17-16-12)8-3-5-9(6-4-8)18-7-1-2-10(18)19/h3-6H,1-2,7H2,(H2,14,20)(H,15,16,17). The Morgan fingerprint density at radius 2 is 2.00 bits per heavy atom. The van der Waals surface area contributed by atoms with Gasteiger partial charge < -0.3 is 10.6 Å². The first-order valence-electron chi connectivity index (χ1n) is 6.28. The van der Waals surface area contributed by atoms with Crippen molar-refractivity contribution in [2.24, 2.45) is 5.73 Å². The molecule has 1 aromatic heterocycles. The maximum absolute atomic E-state index is 11.7. The minimum atomic E-state index is -0.632. The zero-order valence-corrected chi connectivity index (χ0v) is 10.7. The Labute approximate surface area is 114 Å². The molecule has 2 aromatic rings. The summed E-state index contributed by atoms with van der Waals surface area (Å²) in [5.41, 5.74) is 7.32. The van der Waals surface area contributed by atoms with Crippen molar-refractivity contribution in [3.05, 3.63) is 30.0 Å². The molecule has 3 N–H and O–H groups in total. The van der Waals surface area contributed by atoms with Crippen LogP contribution in [0.15, 0.2) is 24.3 Å². The van der Waals surface area contributed by atoms with Gasteiger partial charge >= 0.3 is 0 Å². The number of carbonyl (C=O) groups excluding carboxylic acids is 2. The quantitative estimate of drug-likeness (QED) is 0.857. The van der Waals surface area contributed by atoms with Gasteiger partial charge in [0.1, 0.15) is 5.69 Å². The van der Waals surface area contributed by atoms with Crippen molar-refractivity contribution >= 4 is 17.5 Å². The first kappa shape index (κ1) is 12.3. The zero-order chi connectivity index (χ0) is 14.1. The van der Waals surface area contributed by atoms with Gasteiger partial charge in [0.15, 0.2) is 5.69 Å². The number of nitrogens with two attached hydrogens (primary N) is 1. The fourth-order valence-electron chi connectivity index (χ4n) is 2.32. The van der Waals surface area contributed by atoms with Gasteiger partial charge in [-0.05, 0) is 18.6 Å². The summed E-state index contributed by atoms with van der Waals surface area (Å²) in [7, 11) is 0. The van der Waals surface area contributed by atoms with Crippen LogP contribution >= 0.6 is 0 Å². The largest absolute Gasteiger partial charge is 0.364 e. The summed E-state index contributed by atoms with van der Waals surface area (Å²) in [4.78, 5) is 24.6. The lowest BCUT2D eigenvalue weighted by atomic mass is 10.1. The molecule has 3 rings (SSSR count). The summed E-state index contributed by atoms with van der Waals surface area (Å²) < 4.78 is 0. The van der Waals surface area contributed by atoms with Crippen LogP contribution < -0.4 is 10.6 Å². The maximum atomic E-state index is 11.7. The number of amides is 2. The van der Waals surface area contributed by atoms with E-state index in [1.807, 2.05) is 12.1 Å². The number of nitrogens with zero attached hydrogens (tertiary/aromatic N) is 3. The Balaban J connectivity index is 1.91. The molecule has 0 spiro atoms. The Kier molecular flexibility index (Phi) is 2.94. The van der Waals surface area contributed by atoms with Crippen LogP contribution in [0.2, 0.25) is 0 Å². The minimum Gasteiger partial charge on any atom is -0.364 e. The average molecular weight is 271 g/mol. The molecule has 0 bridgehead atoms. The van der Waals surface area contributed by atoms with Gasteiger partial charge in [0.2, 0.25) is 5.91 Å². The molecule has 7 heteroatoms. The van der Waals surface area contributed by atoms with E-state index in [2.05, 4.69) is 15.4 Å². The molecule has 0 radical (unpaired) electrons. The van der Waals surface area contributed by atoms with E-state index < -0.39 is 5.91 Å². The van der Waals surface area contributed by atoms with Gasteiger partial charge in [-0.2, -0.15) is 15.4 Å². The van der Waals surface area contributed by atoms with Crippen LogP contribution in [0.3, 0.4) is 0 Å². The molecule has 1 saturated heterocycles. The van der Waals surface area contributed by atoms with Gasteiger partial charge in [0, 0.05) is 24.2 Å². The van der Waals surface area contributed by atoms with Gasteiger partial charge in [-0.15, -0.1) is 0 Å². The Hall–Kier alpha value is -2.70. The summed E-state index contributed by atoms with van der Waals surface area (Å²) in [5.74, 6) is -0.496. The predicted molar refractivity (Wildman–Crippen MR) is 71.9 cm³/mol. The molecule has 2 heterocycles. The summed E-state index contributed by atoms with van der Waals surface area (Å²) in [6.07, 6.45) is 1.48. The topological polar surface area (TPSA) is 105 Å². The summed E-state index contributed by atoms with van der Waals surface area (Å²) in [6.45, 7) is 0.745. The van der Waals surface area contributed by atoms with Crippen molar-refractivity contribution in [2.75, 3.05) is 11.4 Å². The van der Waals surface area contributed by atoms with Crippen LogP contribution in [0.4, 0.5) is 5.69 Å². The summed E-state index contributed by atoms with van der Waals surface area (Å²) in [6, 6.07) is 7.26. The minimum absolute atomic E-state index is 0.106. The average Bonchev–Trinajstić information content (AvgIpc) is 3.07. The third-order valence-corrected chi connectivity index (χ3v) is 3.31. The number of hydrogen-bond donors (Lipinski definition) is 2. The number of benzene rings is 1. The van der Waals surface area contributed by atoms with E-state index in [0.29, 0.717) is 12.1 Å². The molecule has 2 amide bonds. The second kappa shape index (κ2) is 4.76. The molecular formula is C13H13N5O2. The van der Waals surface area contributed by atoms with E-state index >= 15 is 0 Å². The molecule has 20 heavy (non-hydrogen) atoms. The van der Waals surface area contributed by atoms with Gasteiger partial charge in [-0.25, -0.2) is 0 Å². The number of rotatable bonds is 3. The first-order chi connectivity index (χ1) is 9.66. The Morgan fingerprint density at radius 3 is 2.60 bits per heavy atom. The molecule has 0 saturated carbocycles. The van der Waals surface area contributed by atoms with Crippen molar-refractivity contribution in [1.82, 2.24) is 15.4 Å². The fourth-order valence-corrected chi connectivity index (χ4v) is 2.32. The van der Waals surface area contributed by atoms with Gasteiger partial charge in [-0.1, -0.05) is 12.1 Å². The molecule has 1 aliphatic rings.